The van der Waals surface area contributed by atoms with Crippen molar-refractivity contribution in [3.8, 4) is 0 Å². The second-order valence-corrected chi connectivity index (χ2v) is 3.42. The molecular formula is C12H12O. The molecule has 0 aliphatic heterocycles. The van der Waals surface area contributed by atoms with Gasteiger partial charge in [0.05, 0.1) is 0 Å². The van der Waals surface area contributed by atoms with E-state index in [1.54, 1.807) is 6.92 Å². The fraction of sp³-hybridized carbons (Fsp3) is 0.250. The minimum atomic E-state index is 0.203. The summed E-state index contributed by atoms with van der Waals surface area (Å²) < 4.78 is 0. The Bertz CT molecular complexity index is 374. The summed E-state index contributed by atoms with van der Waals surface area (Å²) in [5, 5.41) is 0. The number of carbonyl (C=O) groups excluding carboxylic acids is 1. The van der Waals surface area contributed by atoms with Crippen molar-refractivity contribution in [1.82, 2.24) is 0 Å². The summed E-state index contributed by atoms with van der Waals surface area (Å²) in [6.45, 7) is 1.64. The average Bonchev–Trinajstić information content (AvgIpc) is 2.17. The van der Waals surface area contributed by atoms with Gasteiger partial charge in [-0.15, -0.1) is 0 Å². The van der Waals surface area contributed by atoms with Crippen molar-refractivity contribution in [2.75, 3.05) is 0 Å². The van der Waals surface area contributed by atoms with Gasteiger partial charge in [-0.25, -0.2) is 0 Å². The third-order valence-electron chi connectivity index (χ3n) is 2.50. The Hall–Kier alpha value is -1.37. The van der Waals surface area contributed by atoms with Gasteiger partial charge < -0.3 is 0 Å². The fourth-order valence-electron chi connectivity index (χ4n) is 1.71. The van der Waals surface area contributed by atoms with Gasteiger partial charge in [-0.2, -0.15) is 0 Å². The number of carbonyl (C=O) groups is 1. The van der Waals surface area contributed by atoms with Crippen LogP contribution in [-0.2, 0) is 11.2 Å². The monoisotopic (exact) mass is 172 g/mol. The van der Waals surface area contributed by atoms with Gasteiger partial charge >= 0.3 is 0 Å². The number of allylic oxidation sites excluding steroid dienone is 1. The first-order chi connectivity index (χ1) is 6.27. The highest BCUT2D eigenvalue weighted by molar-refractivity contribution is 5.98. The lowest BCUT2D eigenvalue weighted by molar-refractivity contribution is -0.113. The van der Waals surface area contributed by atoms with E-state index >= 15 is 0 Å². The van der Waals surface area contributed by atoms with E-state index in [4.69, 9.17) is 0 Å². The molecule has 0 saturated heterocycles. The zero-order valence-corrected chi connectivity index (χ0v) is 7.71. The molecule has 1 heteroatoms. The molecule has 0 aromatic heterocycles. The molecule has 1 aliphatic carbocycles. The lowest BCUT2D eigenvalue weighted by Gasteiger charge is -2.13. The largest absolute Gasteiger partial charge is 0.295 e. The summed E-state index contributed by atoms with van der Waals surface area (Å²) in [5.41, 5.74) is 3.52. The molecule has 1 aromatic rings. The predicted octanol–water partition coefficient (Wildman–Crippen LogP) is 2.61. The van der Waals surface area contributed by atoms with Crippen molar-refractivity contribution in [2.24, 2.45) is 0 Å². The third kappa shape index (κ3) is 1.55. The van der Waals surface area contributed by atoms with Crippen LogP contribution in [0.3, 0.4) is 0 Å². The maximum absolute atomic E-state index is 11.1. The van der Waals surface area contributed by atoms with Crippen molar-refractivity contribution in [3.05, 3.63) is 41.0 Å². The van der Waals surface area contributed by atoms with Gasteiger partial charge in [0.25, 0.3) is 0 Å². The minimum absolute atomic E-state index is 0.203. The molecule has 0 N–H and O–H groups in total. The molecular weight excluding hydrogens is 160 g/mol. The summed E-state index contributed by atoms with van der Waals surface area (Å²) in [7, 11) is 0. The minimum Gasteiger partial charge on any atom is -0.295 e. The van der Waals surface area contributed by atoms with Crippen LogP contribution < -0.4 is 0 Å². The molecule has 0 fully saturated rings. The molecule has 1 aromatic carbocycles. The van der Waals surface area contributed by atoms with Crippen LogP contribution in [0.4, 0.5) is 0 Å². The van der Waals surface area contributed by atoms with Gasteiger partial charge in [0.2, 0.25) is 0 Å². The lowest BCUT2D eigenvalue weighted by atomic mass is 9.91. The molecule has 0 amide bonds. The normalized spacial score (nSPS) is 14.7. The molecule has 0 heterocycles. The third-order valence-corrected chi connectivity index (χ3v) is 2.50. The first-order valence-electron chi connectivity index (χ1n) is 4.57. The van der Waals surface area contributed by atoms with Crippen molar-refractivity contribution in [2.45, 2.75) is 19.8 Å². The molecule has 66 valence electrons. The molecule has 0 unspecified atom stereocenters. The second kappa shape index (κ2) is 3.17. The Kier molecular flexibility index (Phi) is 2.01. The smallest absolute Gasteiger partial charge is 0.155 e. The van der Waals surface area contributed by atoms with Crippen molar-refractivity contribution >= 4 is 11.9 Å². The average molecular weight is 172 g/mol. The first-order valence-corrected chi connectivity index (χ1v) is 4.57. The van der Waals surface area contributed by atoms with E-state index in [-0.39, 0.29) is 5.78 Å². The van der Waals surface area contributed by atoms with Gasteiger partial charge in [-0.05, 0) is 42.5 Å². The summed E-state index contributed by atoms with van der Waals surface area (Å²) in [6, 6.07) is 8.25. The molecule has 0 bridgehead atoms. The summed E-state index contributed by atoms with van der Waals surface area (Å²) in [6.07, 6.45) is 3.91. The highest BCUT2D eigenvalue weighted by atomic mass is 16.1. The van der Waals surface area contributed by atoms with Crippen molar-refractivity contribution in [3.63, 3.8) is 0 Å². The zero-order valence-electron chi connectivity index (χ0n) is 7.71. The van der Waals surface area contributed by atoms with Crippen LogP contribution in [0, 0.1) is 0 Å². The van der Waals surface area contributed by atoms with Crippen molar-refractivity contribution in [1.29, 1.82) is 0 Å². The zero-order chi connectivity index (χ0) is 9.26. The number of benzene rings is 1. The number of ketones is 1. The summed E-state index contributed by atoms with van der Waals surface area (Å²) in [5.74, 6) is 0.203. The van der Waals surface area contributed by atoms with Crippen LogP contribution in [0.15, 0.2) is 29.8 Å². The number of rotatable bonds is 1. The number of Topliss-reactive ketones (excluding diaryl/α,β-unsaturated/α-hetero) is 1. The van der Waals surface area contributed by atoms with Crippen LogP contribution in [0.1, 0.15) is 24.5 Å². The maximum Gasteiger partial charge on any atom is 0.155 e. The number of aryl methyl sites for hydroxylation is 1. The molecule has 13 heavy (non-hydrogen) atoms. The molecule has 0 radical (unpaired) electrons. The fourth-order valence-corrected chi connectivity index (χ4v) is 1.71. The van der Waals surface area contributed by atoms with Crippen LogP contribution in [0.5, 0.6) is 0 Å². The van der Waals surface area contributed by atoms with Crippen molar-refractivity contribution < 1.29 is 4.79 Å². The predicted molar refractivity (Wildman–Crippen MR) is 53.4 cm³/mol. The van der Waals surface area contributed by atoms with Crippen LogP contribution in [-0.4, -0.2) is 5.78 Å². The molecule has 0 saturated carbocycles. The maximum atomic E-state index is 11.1. The van der Waals surface area contributed by atoms with Crippen LogP contribution in [0.2, 0.25) is 0 Å². The number of fused-ring (bicyclic) bond motifs is 1. The molecule has 2 rings (SSSR count). The Labute approximate surface area is 78.1 Å². The van der Waals surface area contributed by atoms with E-state index in [0.29, 0.717) is 0 Å². The van der Waals surface area contributed by atoms with E-state index in [9.17, 15) is 4.79 Å². The van der Waals surface area contributed by atoms with Gasteiger partial charge in [-0.3, -0.25) is 4.79 Å². The molecule has 1 nitrogen and oxygen atoms in total. The Morgan fingerprint density at radius 3 is 2.77 bits per heavy atom. The van der Waals surface area contributed by atoms with E-state index < -0.39 is 0 Å². The topological polar surface area (TPSA) is 17.1 Å². The SMILES string of the molecule is CC(=O)C1=Cc2ccccc2CC1. The van der Waals surface area contributed by atoms with Crippen LogP contribution in [0.25, 0.3) is 6.08 Å². The van der Waals surface area contributed by atoms with Gasteiger partial charge in [0.1, 0.15) is 0 Å². The standard InChI is InChI=1S/C12H12O/c1-9(13)11-7-6-10-4-2-3-5-12(10)8-11/h2-5,8H,6-7H2,1H3. The number of hydrogen-bond acceptors (Lipinski definition) is 1. The van der Waals surface area contributed by atoms with Gasteiger partial charge in [-0.1, -0.05) is 24.3 Å². The molecule has 0 atom stereocenters. The van der Waals surface area contributed by atoms with Gasteiger partial charge in [0, 0.05) is 0 Å². The first kappa shape index (κ1) is 8.24. The Morgan fingerprint density at radius 1 is 1.23 bits per heavy atom. The Balaban J connectivity index is 2.44. The second-order valence-electron chi connectivity index (χ2n) is 3.42. The summed E-state index contributed by atoms with van der Waals surface area (Å²) >= 11 is 0. The van der Waals surface area contributed by atoms with Gasteiger partial charge in [0.15, 0.2) is 5.78 Å². The highest BCUT2D eigenvalue weighted by Gasteiger charge is 2.11. The summed E-state index contributed by atoms with van der Waals surface area (Å²) in [4.78, 5) is 11.1. The Morgan fingerprint density at radius 2 is 2.00 bits per heavy atom. The van der Waals surface area contributed by atoms with Crippen LogP contribution >= 0.6 is 0 Å². The quantitative estimate of drug-likeness (QED) is 0.636. The lowest BCUT2D eigenvalue weighted by Crippen LogP contribution is -2.04. The molecule has 0 spiro atoms. The van der Waals surface area contributed by atoms with E-state index in [2.05, 4.69) is 12.1 Å². The molecule has 1 aliphatic rings. The van der Waals surface area contributed by atoms with E-state index in [0.717, 1.165) is 18.4 Å². The number of hydrogen-bond donors (Lipinski definition) is 0. The highest BCUT2D eigenvalue weighted by Crippen LogP contribution is 2.23. The van der Waals surface area contributed by atoms with E-state index in [1.807, 2.05) is 18.2 Å². The van der Waals surface area contributed by atoms with E-state index in [1.165, 1.54) is 11.1 Å².